The van der Waals surface area contributed by atoms with Crippen LogP contribution in [0.3, 0.4) is 0 Å². The van der Waals surface area contributed by atoms with Crippen molar-refractivity contribution in [3.8, 4) is 23.0 Å². The SMILES string of the molecule is C=CCc1cc(OC)c(OC)cc1CC1c2cc(OC)c(OC)cc2CCN1C(=O)C(F)(F)F. The van der Waals surface area contributed by atoms with Crippen molar-refractivity contribution in [2.75, 3.05) is 35.0 Å². The third-order valence-corrected chi connectivity index (χ3v) is 5.99. The fraction of sp³-hybridized carbons (Fsp3) is 0.400. The molecule has 0 N–H and O–H groups in total. The summed E-state index contributed by atoms with van der Waals surface area (Å²) in [6.07, 6.45) is -2.43. The largest absolute Gasteiger partial charge is 0.493 e. The number of carbonyl (C=O) groups excluding carboxylic acids is 1. The van der Waals surface area contributed by atoms with E-state index in [9.17, 15) is 18.0 Å². The molecule has 2 aromatic carbocycles. The molecule has 184 valence electrons. The van der Waals surface area contributed by atoms with Gasteiger partial charge in [-0.05, 0) is 65.8 Å². The monoisotopic (exact) mass is 479 g/mol. The van der Waals surface area contributed by atoms with Gasteiger partial charge in [0.25, 0.3) is 0 Å². The van der Waals surface area contributed by atoms with Crippen LogP contribution in [0.5, 0.6) is 23.0 Å². The van der Waals surface area contributed by atoms with Crippen molar-refractivity contribution < 1.29 is 36.9 Å². The lowest BCUT2D eigenvalue weighted by Crippen LogP contribution is -2.47. The fourth-order valence-electron chi connectivity index (χ4n) is 4.36. The number of nitrogens with zero attached hydrogens (tertiary/aromatic N) is 1. The lowest BCUT2D eigenvalue weighted by molar-refractivity contribution is -0.188. The Morgan fingerprint density at radius 2 is 1.50 bits per heavy atom. The van der Waals surface area contributed by atoms with Crippen LogP contribution in [0.25, 0.3) is 0 Å². The Labute approximate surface area is 196 Å². The van der Waals surface area contributed by atoms with Gasteiger partial charge in [0, 0.05) is 6.54 Å². The molecule has 1 amide bonds. The highest BCUT2D eigenvalue weighted by Gasteiger charge is 2.46. The molecular weight excluding hydrogens is 451 g/mol. The predicted octanol–water partition coefficient (Wildman–Crippen LogP) is 4.68. The second-order valence-electron chi connectivity index (χ2n) is 7.84. The summed E-state index contributed by atoms with van der Waals surface area (Å²) in [6, 6.07) is 6.06. The average Bonchev–Trinajstić information content (AvgIpc) is 2.82. The maximum absolute atomic E-state index is 13.5. The van der Waals surface area contributed by atoms with Crippen LogP contribution in [0.15, 0.2) is 36.9 Å². The Bertz CT molecular complexity index is 1070. The van der Waals surface area contributed by atoms with Crippen LogP contribution in [0.2, 0.25) is 0 Å². The highest BCUT2D eigenvalue weighted by molar-refractivity contribution is 5.82. The van der Waals surface area contributed by atoms with E-state index in [0.29, 0.717) is 35.0 Å². The van der Waals surface area contributed by atoms with Crippen LogP contribution in [0.1, 0.15) is 28.3 Å². The molecule has 0 aromatic heterocycles. The molecule has 0 saturated heterocycles. The normalized spacial score (nSPS) is 15.4. The van der Waals surface area contributed by atoms with E-state index < -0.39 is 18.1 Å². The number of carbonyl (C=O) groups is 1. The molecule has 6 nitrogen and oxygen atoms in total. The van der Waals surface area contributed by atoms with E-state index in [1.807, 2.05) is 0 Å². The third kappa shape index (κ3) is 4.93. The Hall–Kier alpha value is -3.36. The van der Waals surface area contributed by atoms with Gasteiger partial charge in [-0.15, -0.1) is 6.58 Å². The van der Waals surface area contributed by atoms with E-state index in [4.69, 9.17) is 18.9 Å². The molecule has 0 bridgehead atoms. The van der Waals surface area contributed by atoms with Crippen molar-refractivity contribution in [3.05, 3.63) is 59.2 Å². The van der Waals surface area contributed by atoms with Crippen LogP contribution in [0, 0.1) is 0 Å². The number of methoxy groups -OCH3 is 4. The van der Waals surface area contributed by atoms with E-state index in [1.54, 1.807) is 30.3 Å². The molecular formula is C25H28F3NO5. The predicted molar refractivity (Wildman–Crippen MR) is 121 cm³/mol. The first kappa shape index (κ1) is 25.3. The fourth-order valence-corrected chi connectivity index (χ4v) is 4.36. The number of allylic oxidation sites excluding steroid dienone is 1. The van der Waals surface area contributed by atoms with Crippen LogP contribution >= 0.6 is 0 Å². The molecule has 2 aromatic rings. The van der Waals surface area contributed by atoms with Gasteiger partial charge in [0.2, 0.25) is 0 Å². The quantitative estimate of drug-likeness (QED) is 0.515. The number of amides is 1. The van der Waals surface area contributed by atoms with Crippen molar-refractivity contribution in [2.24, 2.45) is 0 Å². The molecule has 3 rings (SSSR count). The Morgan fingerprint density at radius 3 is 2.03 bits per heavy atom. The van der Waals surface area contributed by atoms with Gasteiger partial charge in [-0.25, -0.2) is 0 Å². The molecule has 0 fully saturated rings. The van der Waals surface area contributed by atoms with Crippen LogP contribution in [-0.4, -0.2) is 52.0 Å². The Kier molecular flexibility index (Phi) is 7.64. The van der Waals surface area contributed by atoms with Crippen LogP contribution in [0.4, 0.5) is 13.2 Å². The molecule has 0 saturated carbocycles. The summed E-state index contributed by atoms with van der Waals surface area (Å²) in [5.41, 5.74) is 2.94. The summed E-state index contributed by atoms with van der Waals surface area (Å²) in [6.45, 7) is 3.71. The van der Waals surface area contributed by atoms with Crippen molar-refractivity contribution in [3.63, 3.8) is 0 Å². The number of alkyl halides is 3. The first-order valence-corrected chi connectivity index (χ1v) is 10.7. The molecule has 1 aliphatic heterocycles. The second-order valence-corrected chi connectivity index (χ2v) is 7.84. The number of benzene rings is 2. The molecule has 0 radical (unpaired) electrons. The van der Waals surface area contributed by atoms with Crippen LogP contribution in [-0.2, 0) is 24.1 Å². The highest BCUT2D eigenvalue weighted by atomic mass is 19.4. The molecule has 1 unspecified atom stereocenters. The van der Waals surface area contributed by atoms with Crippen molar-refractivity contribution >= 4 is 5.91 Å². The lowest BCUT2D eigenvalue weighted by Gasteiger charge is -2.38. The smallest absolute Gasteiger partial charge is 0.471 e. The number of halogens is 3. The molecule has 34 heavy (non-hydrogen) atoms. The summed E-state index contributed by atoms with van der Waals surface area (Å²) in [7, 11) is 5.95. The molecule has 1 atom stereocenters. The summed E-state index contributed by atoms with van der Waals surface area (Å²) in [4.78, 5) is 13.3. The van der Waals surface area contributed by atoms with E-state index in [1.165, 1.54) is 28.4 Å². The van der Waals surface area contributed by atoms with Crippen molar-refractivity contribution in [1.82, 2.24) is 4.90 Å². The third-order valence-electron chi connectivity index (χ3n) is 5.99. The van der Waals surface area contributed by atoms with E-state index in [2.05, 4.69) is 6.58 Å². The summed E-state index contributed by atoms with van der Waals surface area (Å²) >= 11 is 0. The number of ether oxygens (including phenoxy) is 4. The zero-order valence-corrected chi connectivity index (χ0v) is 19.6. The van der Waals surface area contributed by atoms with Gasteiger partial charge in [-0.2, -0.15) is 13.2 Å². The minimum atomic E-state index is -4.99. The first-order chi connectivity index (χ1) is 16.2. The standard InChI is InChI=1S/C25H28F3NO5/c1-6-7-15-11-20(31-2)22(33-4)13-17(15)10-19-18-14-23(34-5)21(32-3)12-16(18)8-9-29(19)24(30)25(26,27)28/h6,11-14,19H,1,7-10H2,2-5H3. The zero-order valence-electron chi connectivity index (χ0n) is 19.6. The molecule has 1 heterocycles. The van der Waals surface area contributed by atoms with Gasteiger partial charge in [0.15, 0.2) is 23.0 Å². The molecule has 0 aliphatic carbocycles. The topological polar surface area (TPSA) is 57.2 Å². The number of fused-ring (bicyclic) bond motifs is 1. The minimum Gasteiger partial charge on any atom is -0.493 e. The van der Waals surface area contributed by atoms with Gasteiger partial charge < -0.3 is 23.8 Å². The molecule has 9 heteroatoms. The van der Waals surface area contributed by atoms with Crippen molar-refractivity contribution in [2.45, 2.75) is 31.5 Å². The maximum atomic E-state index is 13.5. The second kappa shape index (κ2) is 10.3. The van der Waals surface area contributed by atoms with E-state index in [-0.39, 0.29) is 19.4 Å². The van der Waals surface area contributed by atoms with Gasteiger partial charge in [-0.1, -0.05) is 6.08 Å². The molecule has 0 spiro atoms. The number of rotatable bonds is 8. The number of hydrogen-bond donors (Lipinski definition) is 0. The summed E-state index contributed by atoms with van der Waals surface area (Å²) < 4.78 is 62.1. The van der Waals surface area contributed by atoms with Crippen molar-refractivity contribution in [1.29, 1.82) is 0 Å². The summed E-state index contributed by atoms with van der Waals surface area (Å²) in [5.74, 6) is -0.0620. The van der Waals surface area contributed by atoms with E-state index in [0.717, 1.165) is 21.6 Å². The van der Waals surface area contributed by atoms with Crippen LogP contribution < -0.4 is 18.9 Å². The number of hydrogen-bond acceptors (Lipinski definition) is 5. The zero-order chi connectivity index (χ0) is 25.0. The average molecular weight is 479 g/mol. The minimum absolute atomic E-state index is 0.0738. The first-order valence-electron chi connectivity index (χ1n) is 10.7. The maximum Gasteiger partial charge on any atom is 0.471 e. The lowest BCUT2D eigenvalue weighted by atomic mass is 9.86. The summed E-state index contributed by atoms with van der Waals surface area (Å²) in [5, 5.41) is 0. The van der Waals surface area contributed by atoms with Gasteiger partial charge in [0.1, 0.15) is 0 Å². The van der Waals surface area contributed by atoms with Gasteiger partial charge in [0.05, 0.1) is 34.5 Å². The Morgan fingerprint density at radius 1 is 0.971 bits per heavy atom. The Balaban J connectivity index is 2.17. The highest BCUT2D eigenvalue weighted by Crippen LogP contribution is 2.42. The van der Waals surface area contributed by atoms with E-state index >= 15 is 0 Å². The van der Waals surface area contributed by atoms with Gasteiger partial charge in [-0.3, -0.25) is 4.79 Å². The molecule has 1 aliphatic rings. The van der Waals surface area contributed by atoms with Gasteiger partial charge >= 0.3 is 12.1 Å².